The van der Waals surface area contributed by atoms with Gasteiger partial charge in [0.05, 0.1) is 0 Å². The second-order valence-corrected chi connectivity index (χ2v) is 2.68. The number of nitrogens with zero attached hydrogens (tertiary/aromatic N) is 2. The van der Waals surface area contributed by atoms with Crippen LogP contribution in [0.1, 0.15) is 0 Å². The number of carbonyl (C=O) groups is 1. The van der Waals surface area contributed by atoms with E-state index in [2.05, 4.69) is 10.9 Å². The summed E-state index contributed by atoms with van der Waals surface area (Å²) in [5, 5.41) is 2.74. The highest BCUT2D eigenvalue weighted by molar-refractivity contribution is 5.76. The maximum absolute atomic E-state index is 11.7. The van der Waals surface area contributed by atoms with Gasteiger partial charge in [-0.15, -0.1) is 0 Å². The van der Waals surface area contributed by atoms with E-state index in [0.717, 1.165) is 0 Å². The molecule has 0 saturated carbocycles. The smallest absolute Gasteiger partial charge is 0.298 e. The molecule has 0 aliphatic carbocycles. The Morgan fingerprint density at radius 1 is 0.857 bits per heavy atom. The molecule has 0 bridgehead atoms. The monoisotopic (exact) mass is 190 g/mol. The first-order valence-corrected chi connectivity index (χ1v) is 4.19. The van der Waals surface area contributed by atoms with Crippen LogP contribution in [0, 0.1) is 0 Å². The molecule has 2 N–H and O–H groups in total. The minimum Gasteiger partial charge on any atom is -0.298 e. The van der Waals surface area contributed by atoms with Crippen LogP contribution in [-0.4, -0.2) is 16.0 Å². The Labute approximate surface area is 81.6 Å². The molecule has 2 aliphatic rings. The number of hydrogen-bond acceptors (Lipinski definition) is 3. The van der Waals surface area contributed by atoms with E-state index in [-0.39, 0.29) is 6.03 Å². The van der Waals surface area contributed by atoms with E-state index in [0.29, 0.717) is 0 Å². The molecule has 72 valence electrons. The number of carbonyl (C=O) groups excluding carboxylic acids is 1. The third kappa shape index (κ3) is 1.61. The topological polar surface area (TPSA) is 47.6 Å². The van der Waals surface area contributed by atoms with Crippen molar-refractivity contribution in [1.29, 1.82) is 0 Å². The lowest BCUT2D eigenvalue weighted by molar-refractivity contribution is 0.165. The van der Waals surface area contributed by atoms with Gasteiger partial charge in [-0.25, -0.2) is 14.8 Å². The summed E-state index contributed by atoms with van der Waals surface area (Å²) >= 11 is 0. The summed E-state index contributed by atoms with van der Waals surface area (Å²) in [6, 6.07) is -0.203. The first kappa shape index (κ1) is 8.43. The Bertz CT molecular complexity index is 311. The zero-order valence-electron chi connectivity index (χ0n) is 7.42. The van der Waals surface area contributed by atoms with E-state index in [1.165, 1.54) is 10.0 Å². The molecule has 0 radical (unpaired) electrons. The quantitative estimate of drug-likeness (QED) is 0.594. The van der Waals surface area contributed by atoms with Crippen LogP contribution in [-0.2, 0) is 0 Å². The van der Waals surface area contributed by atoms with Gasteiger partial charge in [-0.2, -0.15) is 0 Å². The Hall–Kier alpha value is -2.17. The van der Waals surface area contributed by atoms with Crippen molar-refractivity contribution in [3.8, 4) is 0 Å². The van der Waals surface area contributed by atoms with Crippen LogP contribution in [0.3, 0.4) is 0 Å². The summed E-state index contributed by atoms with van der Waals surface area (Å²) in [6.45, 7) is 0. The van der Waals surface area contributed by atoms with Crippen LogP contribution in [0.4, 0.5) is 4.79 Å². The molecule has 5 nitrogen and oxygen atoms in total. The van der Waals surface area contributed by atoms with Gasteiger partial charge in [0.2, 0.25) is 0 Å². The molecule has 0 fully saturated rings. The lowest BCUT2D eigenvalue weighted by Gasteiger charge is -2.27. The Morgan fingerprint density at radius 2 is 1.36 bits per heavy atom. The minimum atomic E-state index is -0.203. The van der Waals surface area contributed by atoms with E-state index in [4.69, 9.17) is 0 Å². The van der Waals surface area contributed by atoms with Gasteiger partial charge in [0.15, 0.2) is 0 Å². The molecule has 0 atom stereocenters. The third-order valence-corrected chi connectivity index (χ3v) is 1.72. The van der Waals surface area contributed by atoms with Gasteiger partial charge in [0.1, 0.15) is 0 Å². The predicted octanol–water partition coefficient (Wildman–Crippen LogP) is 0.802. The van der Waals surface area contributed by atoms with E-state index < -0.39 is 0 Å². The number of urea groups is 1. The largest absolute Gasteiger partial charge is 0.365 e. The maximum atomic E-state index is 11.7. The van der Waals surface area contributed by atoms with Crippen LogP contribution in [0.25, 0.3) is 0 Å². The van der Waals surface area contributed by atoms with Crippen LogP contribution in [0.5, 0.6) is 0 Å². The van der Waals surface area contributed by atoms with Crippen LogP contribution in [0.2, 0.25) is 0 Å². The van der Waals surface area contributed by atoms with E-state index >= 15 is 0 Å². The first-order chi connectivity index (χ1) is 6.88. The number of allylic oxidation sites excluding steroid dienone is 4. The van der Waals surface area contributed by atoms with Crippen molar-refractivity contribution in [3.05, 3.63) is 49.1 Å². The predicted molar refractivity (Wildman–Crippen MR) is 51.9 cm³/mol. The normalized spacial score (nSPS) is 18.0. The Morgan fingerprint density at radius 3 is 1.71 bits per heavy atom. The molecule has 0 saturated heterocycles. The number of hydrogen-bond donors (Lipinski definition) is 2. The molecule has 0 aromatic heterocycles. The van der Waals surface area contributed by atoms with Crippen molar-refractivity contribution >= 4 is 6.03 Å². The van der Waals surface area contributed by atoms with E-state index in [1.54, 1.807) is 37.0 Å². The van der Waals surface area contributed by atoms with E-state index in [1.807, 2.05) is 12.2 Å². The van der Waals surface area contributed by atoms with Gasteiger partial charge >= 0.3 is 6.03 Å². The van der Waals surface area contributed by atoms with Crippen molar-refractivity contribution in [2.24, 2.45) is 0 Å². The highest BCUT2D eigenvalue weighted by atomic mass is 16.2. The molecule has 2 aliphatic heterocycles. The Kier molecular flexibility index (Phi) is 2.22. The SMILES string of the molecule is O=C(N1C=CC=CN1)N1C=CC=CN1. The minimum absolute atomic E-state index is 0.203. The fourth-order valence-corrected chi connectivity index (χ4v) is 1.07. The molecule has 2 amide bonds. The molecular weight excluding hydrogens is 180 g/mol. The fraction of sp³-hybridized carbons (Fsp3) is 0. The summed E-state index contributed by atoms with van der Waals surface area (Å²) < 4.78 is 0. The number of hydrazine groups is 2. The van der Waals surface area contributed by atoms with Crippen LogP contribution < -0.4 is 10.9 Å². The molecule has 14 heavy (non-hydrogen) atoms. The average Bonchev–Trinajstić information content (AvgIpc) is 2.30. The number of amides is 2. The summed E-state index contributed by atoms with van der Waals surface area (Å²) in [5.41, 5.74) is 5.59. The summed E-state index contributed by atoms with van der Waals surface area (Å²) in [5.74, 6) is 0. The van der Waals surface area contributed by atoms with Crippen molar-refractivity contribution in [1.82, 2.24) is 20.9 Å². The first-order valence-electron chi connectivity index (χ1n) is 4.19. The fourth-order valence-electron chi connectivity index (χ4n) is 1.07. The molecule has 2 rings (SSSR count). The highest BCUT2D eigenvalue weighted by Gasteiger charge is 2.17. The van der Waals surface area contributed by atoms with Crippen molar-refractivity contribution < 1.29 is 4.79 Å². The second kappa shape index (κ2) is 3.69. The van der Waals surface area contributed by atoms with E-state index in [9.17, 15) is 4.79 Å². The zero-order valence-corrected chi connectivity index (χ0v) is 7.42. The molecule has 5 heteroatoms. The lowest BCUT2D eigenvalue weighted by atomic mass is 10.5. The van der Waals surface area contributed by atoms with Crippen molar-refractivity contribution in [2.45, 2.75) is 0 Å². The summed E-state index contributed by atoms with van der Waals surface area (Å²) in [4.78, 5) is 11.7. The molecule has 2 heterocycles. The average molecular weight is 190 g/mol. The van der Waals surface area contributed by atoms with Crippen molar-refractivity contribution in [3.63, 3.8) is 0 Å². The summed E-state index contributed by atoms with van der Waals surface area (Å²) in [6.07, 6.45) is 13.8. The lowest BCUT2D eigenvalue weighted by Crippen LogP contribution is -2.48. The van der Waals surface area contributed by atoms with Crippen molar-refractivity contribution in [2.75, 3.05) is 0 Å². The summed E-state index contributed by atoms with van der Waals surface area (Å²) in [7, 11) is 0. The van der Waals surface area contributed by atoms with Gasteiger partial charge < -0.3 is 0 Å². The van der Waals surface area contributed by atoms with Gasteiger partial charge in [0.25, 0.3) is 0 Å². The third-order valence-electron chi connectivity index (χ3n) is 1.72. The van der Waals surface area contributed by atoms with Gasteiger partial charge in [0, 0.05) is 24.8 Å². The molecule has 0 spiro atoms. The number of nitrogens with one attached hydrogen (secondary N) is 2. The van der Waals surface area contributed by atoms with Crippen LogP contribution in [0.15, 0.2) is 49.1 Å². The van der Waals surface area contributed by atoms with Gasteiger partial charge in [-0.1, -0.05) is 0 Å². The molecular formula is C9H10N4O. The molecule has 0 aromatic rings. The second-order valence-electron chi connectivity index (χ2n) is 2.68. The zero-order chi connectivity index (χ0) is 9.80. The Balaban J connectivity index is 2.01. The molecule has 0 unspecified atom stereocenters. The molecule has 0 aromatic carbocycles. The standard InChI is InChI=1S/C9H10N4O/c14-9(12-7-3-1-5-10-12)13-8-4-2-6-11-13/h1-8,10-11H. The van der Waals surface area contributed by atoms with Gasteiger partial charge in [-0.3, -0.25) is 10.9 Å². The van der Waals surface area contributed by atoms with Crippen LogP contribution >= 0.6 is 0 Å². The van der Waals surface area contributed by atoms with Gasteiger partial charge in [-0.05, 0) is 24.3 Å². The highest BCUT2D eigenvalue weighted by Crippen LogP contribution is 2.01. The maximum Gasteiger partial charge on any atom is 0.365 e. The number of rotatable bonds is 0.